The highest BCUT2D eigenvalue weighted by atomic mass is 32.2. The summed E-state index contributed by atoms with van der Waals surface area (Å²) in [6.45, 7) is 2.02. The second kappa shape index (κ2) is 6.68. The van der Waals surface area contributed by atoms with Crippen molar-refractivity contribution in [2.24, 2.45) is 5.14 Å². The summed E-state index contributed by atoms with van der Waals surface area (Å²) in [4.78, 5) is 8.52. The van der Waals surface area contributed by atoms with Gasteiger partial charge >= 0.3 is 0 Å². The molecule has 1 unspecified atom stereocenters. The van der Waals surface area contributed by atoms with Crippen molar-refractivity contribution in [1.82, 2.24) is 9.97 Å². The van der Waals surface area contributed by atoms with Crippen LogP contribution >= 0.6 is 11.3 Å². The van der Waals surface area contributed by atoms with Gasteiger partial charge in [-0.25, -0.2) is 18.5 Å². The zero-order chi connectivity index (χ0) is 17.2. The van der Waals surface area contributed by atoms with Gasteiger partial charge in [-0.2, -0.15) is 0 Å². The molecule has 1 aromatic carbocycles. The number of sulfonamides is 1. The van der Waals surface area contributed by atoms with Gasteiger partial charge in [0.25, 0.3) is 0 Å². The molecular weight excluding hydrogens is 344 g/mol. The second-order valence-corrected chi connectivity index (χ2v) is 8.09. The molecule has 2 heterocycles. The van der Waals surface area contributed by atoms with E-state index < -0.39 is 10.0 Å². The van der Waals surface area contributed by atoms with Crippen LogP contribution in [0.25, 0.3) is 0 Å². The lowest BCUT2D eigenvalue weighted by Gasteiger charge is -2.18. The summed E-state index contributed by atoms with van der Waals surface area (Å²) in [6.07, 6.45) is 2.98. The highest BCUT2D eigenvalue weighted by Gasteiger charge is 2.19. The van der Waals surface area contributed by atoms with Gasteiger partial charge in [-0.3, -0.25) is 4.98 Å². The van der Waals surface area contributed by atoms with Gasteiger partial charge in [0, 0.05) is 6.20 Å². The van der Waals surface area contributed by atoms with Crippen molar-refractivity contribution in [3.05, 3.63) is 71.7 Å². The molecule has 2 aromatic heterocycles. The Balaban J connectivity index is 1.98. The van der Waals surface area contributed by atoms with Crippen LogP contribution in [-0.4, -0.2) is 18.4 Å². The van der Waals surface area contributed by atoms with Crippen LogP contribution in [0.1, 0.15) is 22.9 Å². The van der Waals surface area contributed by atoms with Crippen LogP contribution < -0.4 is 10.5 Å². The molecule has 0 aliphatic heterocycles. The van der Waals surface area contributed by atoms with Gasteiger partial charge < -0.3 is 5.32 Å². The van der Waals surface area contributed by atoms with E-state index in [-0.39, 0.29) is 10.3 Å². The van der Waals surface area contributed by atoms with Crippen LogP contribution in [0.5, 0.6) is 0 Å². The Labute approximate surface area is 144 Å². The largest absolute Gasteiger partial charge is 0.349 e. The number of aryl methyl sites for hydroxylation is 1. The highest BCUT2D eigenvalue weighted by Crippen LogP contribution is 2.29. The lowest BCUT2D eigenvalue weighted by atomic mass is 10.0. The number of rotatable bonds is 5. The maximum atomic E-state index is 11.4. The molecule has 0 aliphatic rings. The molecule has 0 amide bonds. The maximum Gasteiger partial charge on any atom is 0.249 e. The van der Waals surface area contributed by atoms with E-state index >= 15 is 0 Å². The van der Waals surface area contributed by atoms with Gasteiger partial charge in [-0.15, -0.1) is 0 Å². The third-order valence-electron chi connectivity index (χ3n) is 3.39. The molecule has 0 aliphatic carbocycles. The fourth-order valence-electron chi connectivity index (χ4n) is 2.31. The average Bonchev–Trinajstić information content (AvgIpc) is 3.02. The molecule has 0 saturated carbocycles. The topological polar surface area (TPSA) is 98.0 Å². The van der Waals surface area contributed by atoms with E-state index in [0.717, 1.165) is 28.2 Å². The van der Waals surface area contributed by atoms with Crippen molar-refractivity contribution < 1.29 is 8.42 Å². The molecule has 0 spiro atoms. The minimum absolute atomic E-state index is 0.0222. The van der Waals surface area contributed by atoms with Gasteiger partial charge in [0.1, 0.15) is 0 Å². The summed E-state index contributed by atoms with van der Waals surface area (Å²) < 4.78 is 22.9. The van der Waals surface area contributed by atoms with Crippen molar-refractivity contribution in [2.45, 2.75) is 17.2 Å². The summed E-state index contributed by atoms with van der Waals surface area (Å²) in [5.41, 5.74) is 2.95. The first-order chi connectivity index (χ1) is 11.4. The summed E-state index contributed by atoms with van der Waals surface area (Å²) >= 11 is 0.999. The van der Waals surface area contributed by atoms with E-state index in [0.29, 0.717) is 5.13 Å². The summed E-state index contributed by atoms with van der Waals surface area (Å²) in [6, 6.07) is 13.5. The molecule has 0 fully saturated rings. The number of thiazole rings is 1. The standard InChI is InChI=1S/C16H16N4O2S2/c1-11-5-4-6-12(9-11)15(13-7-2-3-8-18-13)20-16-19-10-14(23-16)24(17,21)22/h2-10,15H,1H3,(H,19,20)(H2,17,21,22). The maximum absolute atomic E-state index is 11.4. The molecule has 24 heavy (non-hydrogen) atoms. The van der Waals surface area contributed by atoms with Crippen LogP contribution in [0.3, 0.4) is 0 Å². The fourth-order valence-corrected chi connectivity index (χ4v) is 3.78. The number of nitrogens with one attached hydrogen (secondary N) is 1. The number of nitrogens with two attached hydrogens (primary N) is 1. The van der Waals surface area contributed by atoms with Crippen molar-refractivity contribution in [3.8, 4) is 0 Å². The van der Waals surface area contributed by atoms with Gasteiger partial charge in [0.2, 0.25) is 10.0 Å². The molecule has 1 atom stereocenters. The predicted molar refractivity (Wildman–Crippen MR) is 94.4 cm³/mol. The molecule has 3 N–H and O–H groups in total. The molecule has 6 nitrogen and oxygen atoms in total. The number of anilines is 1. The number of primary sulfonamides is 1. The Hall–Kier alpha value is -2.29. The van der Waals surface area contributed by atoms with E-state index in [1.807, 2.05) is 43.3 Å². The van der Waals surface area contributed by atoms with E-state index in [9.17, 15) is 8.42 Å². The minimum atomic E-state index is -3.75. The summed E-state index contributed by atoms with van der Waals surface area (Å²) in [5, 5.41) is 8.87. The molecule has 124 valence electrons. The monoisotopic (exact) mass is 360 g/mol. The second-order valence-electron chi connectivity index (χ2n) is 5.28. The Morgan fingerprint density at radius 1 is 1.17 bits per heavy atom. The van der Waals surface area contributed by atoms with Crippen molar-refractivity contribution in [1.29, 1.82) is 0 Å². The third-order valence-corrected chi connectivity index (χ3v) is 5.73. The first-order valence-electron chi connectivity index (χ1n) is 7.16. The zero-order valence-corrected chi connectivity index (χ0v) is 14.5. The van der Waals surface area contributed by atoms with Crippen LogP contribution in [0.15, 0.2) is 59.1 Å². The van der Waals surface area contributed by atoms with Crippen molar-refractivity contribution >= 4 is 26.5 Å². The van der Waals surface area contributed by atoms with Crippen LogP contribution in [0.2, 0.25) is 0 Å². The number of aromatic nitrogens is 2. The lowest BCUT2D eigenvalue weighted by Crippen LogP contribution is -2.13. The van der Waals surface area contributed by atoms with E-state index in [4.69, 9.17) is 5.14 Å². The van der Waals surface area contributed by atoms with Crippen molar-refractivity contribution in [2.75, 3.05) is 5.32 Å². The number of hydrogen-bond acceptors (Lipinski definition) is 6. The Bertz CT molecular complexity index is 939. The number of benzene rings is 1. The molecule has 3 rings (SSSR count). The molecule has 0 bridgehead atoms. The first kappa shape index (κ1) is 16.6. The van der Waals surface area contributed by atoms with Gasteiger partial charge in [-0.1, -0.05) is 47.2 Å². The molecule has 3 aromatic rings. The zero-order valence-electron chi connectivity index (χ0n) is 12.9. The summed E-state index contributed by atoms with van der Waals surface area (Å²) in [5.74, 6) is 0. The molecule has 0 radical (unpaired) electrons. The number of nitrogens with zero attached hydrogens (tertiary/aromatic N) is 2. The molecular formula is C16H16N4O2S2. The Morgan fingerprint density at radius 2 is 2.00 bits per heavy atom. The average molecular weight is 360 g/mol. The predicted octanol–water partition coefficient (Wildman–Crippen LogP) is 2.70. The van der Waals surface area contributed by atoms with Crippen LogP contribution in [0.4, 0.5) is 5.13 Å². The van der Waals surface area contributed by atoms with E-state index in [1.165, 1.54) is 6.20 Å². The number of hydrogen-bond donors (Lipinski definition) is 2. The van der Waals surface area contributed by atoms with Gasteiger partial charge in [-0.05, 0) is 24.6 Å². The van der Waals surface area contributed by atoms with Crippen LogP contribution in [-0.2, 0) is 10.0 Å². The quantitative estimate of drug-likeness (QED) is 0.729. The fraction of sp³-hybridized carbons (Fsp3) is 0.125. The van der Waals surface area contributed by atoms with Crippen molar-refractivity contribution in [3.63, 3.8) is 0 Å². The normalized spacial score (nSPS) is 12.8. The third kappa shape index (κ3) is 3.78. The minimum Gasteiger partial charge on any atom is -0.349 e. The van der Waals surface area contributed by atoms with Gasteiger partial charge in [0.05, 0.1) is 17.9 Å². The summed E-state index contributed by atoms with van der Waals surface area (Å²) in [7, 11) is -3.75. The Morgan fingerprint density at radius 3 is 2.62 bits per heavy atom. The first-order valence-corrected chi connectivity index (χ1v) is 9.52. The molecule has 0 saturated heterocycles. The van der Waals surface area contributed by atoms with E-state index in [2.05, 4.69) is 21.4 Å². The SMILES string of the molecule is Cc1cccc(C(Nc2ncc(S(N)(=O)=O)s2)c2ccccn2)c1. The Kier molecular flexibility index (Phi) is 4.61. The van der Waals surface area contributed by atoms with Gasteiger partial charge in [0.15, 0.2) is 9.34 Å². The van der Waals surface area contributed by atoms with Crippen LogP contribution in [0, 0.1) is 6.92 Å². The highest BCUT2D eigenvalue weighted by molar-refractivity contribution is 7.91. The smallest absolute Gasteiger partial charge is 0.249 e. The van der Waals surface area contributed by atoms with E-state index in [1.54, 1.807) is 6.20 Å². The number of pyridine rings is 1. The lowest BCUT2D eigenvalue weighted by molar-refractivity contribution is 0.599. The molecule has 8 heteroatoms.